The third-order valence-electron chi connectivity index (χ3n) is 10.0. The Bertz CT molecular complexity index is 1160. The Morgan fingerprint density at radius 2 is 1.74 bits per heavy atom. The van der Waals surface area contributed by atoms with Crippen molar-refractivity contribution in [3.63, 3.8) is 0 Å². The highest BCUT2D eigenvalue weighted by atomic mass is 16.7. The highest BCUT2D eigenvalue weighted by Gasteiger charge is 2.60. The summed E-state index contributed by atoms with van der Waals surface area (Å²) in [4.78, 5) is 13.9. The molecule has 0 saturated carbocycles. The molecule has 3 fully saturated rings. The molecule has 5 aliphatic rings. The number of hydrogen-bond donors (Lipinski definition) is 4. The summed E-state index contributed by atoms with van der Waals surface area (Å²) in [6.07, 6.45) is 5.48. The number of allylic oxidation sites excluding steroid dienone is 2. The minimum absolute atomic E-state index is 0.0479. The predicted molar refractivity (Wildman–Crippen MR) is 155 cm³/mol. The quantitative estimate of drug-likeness (QED) is 0.269. The first-order chi connectivity index (χ1) is 19.8. The molecule has 2 bridgehead atoms. The van der Waals surface area contributed by atoms with Crippen molar-refractivity contribution >= 4 is 5.97 Å². The second-order valence-corrected chi connectivity index (χ2v) is 13.6. The van der Waals surface area contributed by atoms with Gasteiger partial charge in [0.2, 0.25) is 0 Å². The SMILES string of the molecule is CC1=CC2C(=O)O[C@H]3C[C@@H](C/C=C(\C)[C@@H](O)[C@@H](C)/C=C/C=C4\CO[C@H]([C@@H]1O)[C@@]42O)O[C@]1(C3)C[C@H](O)[C@H](C)[C@@H](C(C)C)O1. The second kappa shape index (κ2) is 11.9. The van der Waals surface area contributed by atoms with Gasteiger partial charge in [0.15, 0.2) is 5.79 Å². The molecule has 1 unspecified atom stereocenters. The summed E-state index contributed by atoms with van der Waals surface area (Å²) < 4.78 is 25.3. The van der Waals surface area contributed by atoms with Crippen LogP contribution in [-0.2, 0) is 23.7 Å². The Labute approximate surface area is 248 Å². The van der Waals surface area contributed by atoms with Gasteiger partial charge in [-0.15, -0.1) is 0 Å². The number of hydrogen-bond acceptors (Lipinski definition) is 9. The molecule has 0 aromatic carbocycles. The zero-order valence-electron chi connectivity index (χ0n) is 25.6. The Morgan fingerprint density at radius 1 is 1.00 bits per heavy atom. The van der Waals surface area contributed by atoms with E-state index in [1.165, 1.54) is 0 Å². The van der Waals surface area contributed by atoms with Gasteiger partial charge in [0.1, 0.15) is 29.8 Å². The average molecular weight is 589 g/mol. The Morgan fingerprint density at radius 3 is 2.45 bits per heavy atom. The molecular weight excluding hydrogens is 540 g/mol. The first-order valence-electron chi connectivity index (χ1n) is 15.4. The molecule has 4 heterocycles. The van der Waals surface area contributed by atoms with Gasteiger partial charge >= 0.3 is 5.97 Å². The van der Waals surface area contributed by atoms with Crippen LogP contribution in [0.25, 0.3) is 0 Å². The fourth-order valence-corrected chi connectivity index (χ4v) is 7.45. The molecule has 4 N–H and O–H groups in total. The number of aliphatic hydroxyl groups excluding tert-OH is 3. The van der Waals surface area contributed by atoms with Crippen LogP contribution in [0.3, 0.4) is 0 Å². The molecule has 1 aliphatic carbocycles. The van der Waals surface area contributed by atoms with E-state index in [1.807, 2.05) is 32.9 Å². The van der Waals surface area contributed by atoms with Gasteiger partial charge in [-0.1, -0.05) is 58.1 Å². The lowest BCUT2D eigenvalue weighted by Gasteiger charge is -2.52. The van der Waals surface area contributed by atoms with E-state index in [1.54, 1.807) is 25.2 Å². The molecule has 1 spiro atoms. The van der Waals surface area contributed by atoms with Crippen LogP contribution >= 0.6 is 0 Å². The summed E-state index contributed by atoms with van der Waals surface area (Å²) in [7, 11) is 0. The normalized spacial score (nSPS) is 49.8. The van der Waals surface area contributed by atoms with Gasteiger partial charge in [-0.2, -0.15) is 0 Å². The van der Waals surface area contributed by atoms with E-state index < -0.39 is 59.9 Å². The van der Waals surface area contributed by atoms with Crippen molar-refractivity contribution in [2.75, 3.05) is 6.61 Å². The molecule has 12 atom stereocenters. The third kappa shape index (κ3) is 5.70. The van der Waals surface area contributed by atoms with Gasteiger partial charge in [-0.05, 0) is 42.9 Å². The summed E-state index contributed by atoms with van der Waals surface area (Å²) in [5.41, 5.74) is -0.0131. The fourth-order valence-electron chi connectivity index (χ4n) is 7.45. The van der Waals surface area contributed by atoms with E-state index in [4.69, 9.17) is 18.9 Å². The molecule has 9 nitrogen and oxygen atoms in total. The van der Waals surface area contributed by atoms with Crippen LogP contribution in [0.15, 0.2) is 47.1 Å². The monoisotopic (exact) mass is 588 g/mol. The summed E-state index contributed by atoms with van der Waals surface area (Å²) >= 11 is 0. The van der Waals surface area contributed by atoms with Crippen molar-refractivity contribution in [3.05, 3.63) is 47.1 Å². The summed E-state index contributed by atoms with van der Waals surface area (Å²) in [5.74, 6) is -3.03. The largest absolute Gasteiger partial charge is 0.462 e. The molecule has 4 aliphatic heterocycles. The maximum Gasteiger partial charge on any atom is 0.316 e. The first kappa shape index (κ1) is 31.6. The number of carbonyl (C=O) groups excluding carboxylic acids is 1. The van der Waals surface area contributed by atoms with Crippen molar-refractivity contribution in [2.45, 2.75) is 121 Å². The predicted octanol–water partition coefficient (Wildman–Crippen LogP) is 3.11. The standard InChI is InChI=1S/C33H48O9/c1-17(2)29-21(6)26(34)15-32(42-29)14-24-13-23(41-32)11-10-19(4)27(35)18(3)8-7-9-22-16-39-30-28(36)20(5)12-25(31(37)40-24)33(22,30)38/h7-10,12,17-18,21,23-30,34-36,38H,11,13-16H2,1-6H3/b8-7+,19-10+,22-9+/t18-,21-,23+,24-,25?,26-,27-,28+,29+,30+,32-,33+/m0/s1. The lowest BCUT2D eigenvalue weighted by molar-refractivity contribution is -0.353. The zero-order valence-corrected chi connectivity index (χ0v) is 25.6. The molecule has 0 aromatic rings. The lowest BCUT2D eigenvalue weighted by atomic mass is 9.71. The number of esters is 1. The van der Waals surface area contributed by atoms with Gasteiger partial charge in [0.25, 0.3) is 0 Å². The fraction of sp³-hybridized carbons (Fsp3) is 0.727. The van der Waals surface area contributed by atoms with E-state index in [0.29, 0.717) is 24.0 Å². The zero-order chi connectivity index (χ0) is 30.6. The number of carbonyl (C=O) groups is 1. The van der Waals surface area contributed by atoms with Crippen molar-refractivity contribution < 1.29 is 44.2 Å². The molecular formula is C33H48O9. The van der Waals surface area contributed by atoms with Gasteiger partial charge in [-0.25, -0.2) is 0 Å². The number of rotatable bonds is 1. The molecule has 0 amide bonds. The topological polar surface area (TPSA) is 135 Å². The third-order valence-corrected chi connectivity index (χ3v) is 10.0. The van der Waals surface area contributed by atoms with E-state index in [0.717, 1.165) is 5.57 Å². The van der Waals surface area contributed by atoms with Crippen LogP contribution < -0.4 is 0 Å². The van der Waals surface area contributed by atoms with Gasteiger partial charge in [0.05, 0.1) is 31.0 Å². The number of ether oxygens (including phenoxy) is 4. The first-order valence-corrected chi connectivity index (χ1v) is 15.4. The summed E-state index contributed by atoms with van der Waals surface area (Å²) in [6, 6.07) is 0. The molecule has 0 radical (unpaired) electrons. The van der Waals surface area contributed by atoms with E-state index in [-0.39, 0.29) is 43.3 Å². The van der Waals surface area contributed by atoms with Crippen molar-refractivity contribution in [1.29, 1.82) is 0 Å². The smallest absolute Gasteiger partial charge is 0.316 e. The van der Waals surface area contributed by atoms with Crippen molar-refractivity contribution in [1.82, 2.24) is 0 Å². The summed E-state index contributed by atoms with van der Waals surface area (Å²) in [5, 5.41) is 45.1. The molecule has 42 heavy (non-hydrogen) atoms. The van der Waals surface area contributed by atoms with E-state index in [2.05, 4.69) is 13.8 Å². The number of aliphatic hydroxyl groups is 4. The van der Waals surface area contributed by atoms with Gasteiger partial charge < -0.3 is 39.4 Å². The maximum absolute atomic E-state index is 13.9. The lowest BCUT2D eigenvalue weighted by Crippen LogP contribution is -2.60. The van der Waals surface area contributed by atoms with Crippen LogP contribution in [-0.4, -0.2) is 87.1 Å². The molecule has 9 heteroatoms. The minimum atomic E-state index is -1.80. The van der Waals surface area contributed by atoms with Crippen molar-refractivity contribution in [2.24, 2.45) is 23.7 Å². The van der Waals surface area contributed by atoms with Crippen LogP contribution in [0, 0.1) is 23.7 Å². The molecule has 3 saturated heterocycles. The van der Waals surface area contributed by atoms with Gasteiger partial charge in [-0.3, -0.25) is 4.79 Å². The highest BCUT2D eigenvalue weighted by molar-refractivity contribution is 5.78. The Hall–Kier alpha value is -1.85. The summed E-state index contributed by atoms with van der Waals surface area (Å²) in [6.45, 7) is 11.6. The Kier molecular flexibility index (Phi) is 8.96. The van der Waals surface area contributed by atoms with Crippen LogP contribution in [0.5, 0.6) is 0 Å². The maximum atomic E-state index is 13.9. The Balaban J connectivity index is 1.55. The highest BCUT2D eigenvalue weighted by Crippen LogP contribution is 2.47. The average Bonchev–Trinajstić information content (AvgIpc) is 3.27. The second-order valence-electron chi connectivity index (χ2n) is 13.6. The molecule has 5 rings (SSSR count). The molecule has 234 valence electrons. The van der Waals surface area contributed by atoms with Gasteiger partial charge in [0, 0.05) is 31.1 Å². The molecule has 0 aromatic heterocycles. The van der Waals surface area contributed by atoms with Crippen molar-refractivity contribution in [3.8, 4) is 0 Å². The number of fused-ring (bicyclic) bond motifs is 2. The van der Waals surface area contributed by atoms with Crippen LogP contribution in [0.2, 0.25) is 0 Å². The van der Waals surface area contributed by atoms with E-state index in [9.17, 15) is 25.2 Å². The van der Waals surface area contributed by atoms with Crippen LogP contribution in [0.4, 0.5) is 0 Å². The van der Waals surface area contributed by atoms with E-state index >= 15 is 0 Å². The minimum Gasteiger partial charge on any atom is -0.462 e. The van der Waals surface area contributed by atoms with Crippen LogP contribution in [0.1, 0.15) is 67.2 Å².